The molecule has 2 aliphatic rings. The van der Waals surface area contributed by atoms with Crippen LogP contribution in [0.15, 0.2) is 24.3 Å². The van der Waals surface area contributed by atoms with Gasteiger partial charge in [-0.25, -0.2) is 0 Å². The number of ether oxygens (including phenoxy) is 1. The van der Waals surface area contributed by atoms with Crippen molar-refractivity contribution in [2.75, 3.05) is 26.7 Å². The van der Waals surface area contributed by atoms with E-state index < -0.39 is 0 Å². The Bertz CT molecular complexity index is 380. The van der Waals surface area contributed by atoms with E-state index >= 15 is 0 Å². The van der Waals surface area contributed by atoms with Gasteiger partial charge in [0.2, 0.25) is 0 Å². The summed E-state index contributed by atoms with van der Waals surface area (Å²) < 4.78 is 6.15. The van der Waals surface area contributed by atoms with Gasteiger partial charge in [0.1, 0.15) is 0 Å². The van der Waals surface area contributed by atoms with E-state index in [-0.39, 0.29) is 5.60 Å². The van der Waals surface area contributed by atoms with Crippen LogP contribution in [0, 0.1) is 0 Å². The maximum absolute atomic E-state index is 6.15. The van der Waals surface area contributed by atoms with Crippen molar-refractivity contribution >= 4 is 0 Å². The second kappa shape index (κ2) is 3.86. The molecule has 3 rings (SSSR count). The first-order chi connectivity index (χ1) is 7.80. The minimum Gasteiger partial charge on any atom is -0.370 e. The first kappa shape index (κ1) is 10.3. The van der Waals surface area contributed by atoms with Crippen LogP contribution in [-0.4, -0.2) is 31.6 Å². The standard InChI is InChI=1S/C14H19NO/c1-15-9-7-14(8-10-15)13-5-3-2-4-12(13)6-11-16-14/h2-5H,6-11H2,1H3. The molecule has 2 heteroatoms. The second-order valence-electron chi connectivity index (χ2n) is 5.05. The van der Waals surface area contributed by atoms with E-state index in [1.54, 1.807) is 0 Å². The van der Waals surface area contributed by atoms with Crippen LogP contribution in [-0.2, 0) is 16.8 Å². The molecule has 0 N–H and O–H groups in total. The van der Waals surface area contributed by atoms with Crippen LogP contribution in [0.3, 0.4) is 0 Å². The summed E-state index contributed by atoms with van der Waals surface area (Å²) in [5.41, 5.74) is 2.98. The van der Waals surface area contributed by atoms with E-state index in [1.807, 2.05) is 0 Å². The van der Waals surface area contributed by atoms with Gasteiger partial charge in [0.05, 0.1) is 12.2 Å². The van der Waals surface area contributed by atoms with Crippen LogP contribution < -0.4 is 0 Å². The summed E-state index contributed by atoms with van der Waals surface area (Å²) in [5.74, 6) is 0. The fourth-order valence-electron chi connectivity index (χ4n) is 3.01. The highest BCUT2D eigenvalue weighted by Crippen LogP contribution is 2.40. The molecule has 86 valence electrons. The lowest BCUT2D eigenvalue weighted by molar-refractivity contribution is -0.0950. The maximum Gasteiger partial charge on any atom is 0.0958 e. The molecule has 1 aromatic carbocycles. The molecule has 2 heterocycles. The fourth-order valence-corrected chi connectivity index (χ4v) is 3.01. The highest BCUT2D eigenvalue weighted by molar-refractivity contribution is 5.35. The predicted molar refractivity (Wildman–Crippen MR) is 64.5 cm³/mol. The van der Waals surface area contributed by atoms with Gasteiger partial charge in [0.25, 0.3) is 0 Å². The van der Waals surface area contributed by atoms with Crippen molar-refractivity contribution in [3.8, 4) is 0 Å². The number of piperidine rings is 1. The molecule has 0 saturated carbocycles. The average molecular weight is 217 g/mol. The zero-order valence-electron chi connectivity index (χ0n) is 9.91. The Balaban J connectivity index is 1.97. The highest BCUT2D eigenvalue weighted by Gasteiger charge is 2.39. The van der Waals surface area contributed by atoms with Gasteiger partial charge in [-0.2, -0.15) is 0 Å². The zero-order valence-corrected chi connectivity index (χ0v) is 9.91. The number of fused-ring (bicyclic) bond motifs is 2. The molecule has 1 fully saturated rings. The van der Waals surface area contributed by atoms with Crippen LogP contribution in [0.4, 0.5) is 0 Å². The SMILES string of the molecule is CN1CCC2(CC1)OCCc1ccccc12. The largest absolute Gasteiger partial charge is 0.370 e. The number of likely N-dealkylation sites (tertiary alicyclic amines) is 1. The monoisotopic (exact) mass is 217 g/mol. The number of rotatable bonds is 0. The van der Waals surface area contributed by atoms with Crippen LogP contribution in [0.25, 0.3) is 0 Å². The number of hydrogen-bond acceptors (Lipinski definition) is 2. The summed E-state index contributed by atoms with van der Waals surface area (Å²) in [6.07, 6.45) is 3.36. The Morgan fingerprint density at radius 2 is 1.94 bits per heavy atom. The lowest BCUT2D eigenvalue weighted by Crippen LogP contribution is -2.45. The molecule has 0 radical (unpaired) electrons. The molecular formula is C14H19NO. The third-order valence-corrected chi connectivity index (χ3v) is 4.05. The lowest BCUT2D eigenvalue weighted by atomic mass is 9.79. The smallest absolute Gasteiger partial charge is 0.0958 e. The Hall–Kier alpha value is -0.860. The lowest BCUT2D eigenvalue weighted by Gasteiger charge is -2.44. The normalized spacial score (nSPS) is 24.3. The van der Waals surface area contributed by atoms with E-state index in [1.165, 1.54) is 11.1 Å². The van der Waals surface area contributed by atoms with Crippen molar-refractivity contribution in [1.82, 2.24) is 4.90 Å². The van der Waals surface area contributed by atoms with Gasteiger partial charge in [0, 0.05) is 13.1 Å². The van der Waals surface area contributed by atoms with Gasteiger partial charge in [-0.15, -0.1) is 0 Å². The Labute approximate surface area is 97.2 Å². The van der Waals surface area contributed by atoms with Crippen molar-refractivity contribution in [3.63, 3.8) is 0 Å². The minimum atomic E-state index is 0.0291. The van der Waals surface area contributed by atoms with Crippen LogP contribution in [0.5, 0.6) is 0 Å². The second-order valence-corrected chi connectivity index (χ2v) is 5.05. The molecule has 0 amide bonds. The van der Waals surface area contributed by atoms with Crippen molar-refractivity contribution in [3.05, 3.63) is 35.4 Å². The fraction of sp³-hybridized carbons (Fsp3) is 0.571. The summed E-state index contributed by atoms with van der Waals surface area (Å²) in [6.45, 7) is 3.18. The van der Waals surface area contributed by atoms with Gasteiger partial charge in [0.15, 0.2) is 0 Å². The zero-order chi connectivity index (χ0) is 11.0. The molecule has 0 aliphatic carbocycles. The number of hydrogen-bond donors (Lipinski definition) is 0. The van der Waals surface area contributed by atoms with Crippen molar-refractivity contribution in [2.45, 2.75) is 24.9 Å². The predicted octanol–water partition coefficient (Wildman–Crippen LogP) is 2.18. The summed E-state index contributed by atoms with van der Waals surface area (Å²) >= 11 is 0. The molecule has 16 heavy (non-hydrogen) atoms. The number of nitrogens with zero attached hydrogens (tertiary/aromatic N) is 1. The molecule has 0 bridgehead atoms. The first-order valence-corrected chi connectivity index (χ1v) is 6.21. The van der Waals surface area contributed by atoms with E-state index in [0.717, 1.165) is 39.0 Å². The van der Waals surface area contributed by atoms with Crippen molar-refractivity contribution in [1.29, 1.82) is 0 Å². The van der Waals surface area contributed by atoms with Crippen molar-refractivity contribution in [2.24, 2.45) is 0 Å². The van der Waals surface area contributed by atoms with Crippen LogP contribution in [0.2, 0.25) is 0 Å². The van der Waals surface area contributed by atoms with Gasteiger partial charge in [-0.1, -0.05) is 24.3 Å². The van der Waals surface area contributed by atoms with E-state index in [0.29, 0.717) is 0 Å². The minimum absolute atomic E-state index is 0.0291. The Morgan fingerprint density at radius 1 is 1.19 bits per heavy atom. The van der Waals surface area contributed by atoms with E-state index in [9.17, 15) is 0 Å². The molecule has 0 aromatic heterocycles. The van der Waals surface area contributed by atoms with E-state index in [4.69, 9.17) is 4.74 Å². The van der Waals surface area contributed by atoms with Gasteiger partial charge in [-0.05, 0) is 37.4 Å². The topological polar surface area (TPSA) is 12.5 Å². The summed E-state index contributed by atoms with van der Waals surface area (Å²) in [7, 11) is 2.20. The van der Waals surface area contributed by atoms with Crippen LogP contribution in [0.1, 0.15) is 24.0 Å². The van der Waals surface area contributed by atoms with Gasteiger partial charge >= 0.3 is 0 Å². The number of benzene rings is 1. The molecule has 1 saturated heterocycles. The maximum atomic E-state index is 6.15. The Kier molecular flexibility index (Phi) is 2.49. The van der Waals surface area contributed by atoms with Gasteiger partial charge in [-0.3, -0.25) is 0 Å². The quantitative estimate of drug-likeness (QED) is 0.660. The van der Waals surface area contributed by atoms with Crippen molar-refractivity contribution < 1.29 is 4.74 Å². The molecule has 1 aromatic rings. The summed E-state index contributed by atoms with van der Waals surface area (Å²) in [5, 5.41) is 0. The molecule has 2 aliphatic heterocycles. The molecule has 0 unspecified atom stereocenters. The van der Waals surface area contributed by atoms with Gasteiger partial charge < -0.3 is 9.64 Å². The summed E-state index contributed by atoms with van der Waals surface area (Å²) in [6, 6.07) is 8.82. The van der Waals surface area contributed by atoms with E-state index in [2.05, 4.69) is 36.2 Å². The van der Waals surface area contributed by atoms with Crippen LogP contribution >= 0.6 is 0 Å². The first-order valence-electron chi connectivity index (χ1n) is 6.21. The third kappa shape index (κ3) is 1.57. The molecule has 2 nitrogen and oxygen atoms in total. The molecule has 0 atom stereocenters. The molecule has 1 spiro atoms. The average Bonchev–Trinajstić information content (AvgIpc) is 2.34. The third-order valence-electron chi connectivity index (χ3n) is 4.05. The highest BCUT2D eigenvalue weighted by atomic mass is 16.5. The molecular weight excluding hydrogens is 198 g/mol. The Morgan fingerprint density at radius 3 is 2.75 bits per heavy atom. The summed E-state index contributed by atoms with van der Waals surface area (Å²) in [4.78, 5) is 2.39.